The summed E-state index contributed by atoms with van der Waals surface area (Å²) in [6, 6.07) is 18.2. The quantitative estimate of drug-likeness (QED) is 0.825. The molecule has 1 heterocycles. The van der Waals surface area contributed by atoms with E-state index in [4.69, 9.17) is 17.3 Å². The van der Waals surface area contributed by atoms with Crippen LogP contribution in [0.15, 0.2) is 54.6 Å². The standard InChI is InChI=1S/C19H21ClN2OS.ClH/c20-16-8-6-15(7-9-16)19(14-4-2-1-3-5-14)24-13-18(23)22-11-10-17(21)12-22;/h1-9,17,19H,10-13,21H2;1H/t17-,19?;/m1./s1. The Kier molecular flexibility index (Phi) is 7.63. The molecule has 1 fully saturated rings. The van der Waals surface area contributed by atoms with Crippen molar-refractivity contribution in [2.24, 2.45) is 5.73 Å². The topological polar surface area (TPSA) is 46.3 Å². The summed E-state index contributed by atoms with van der Waals surface area (Å²) in [7, 11) is 0. The molecule has 25 heavy (non-hydrogen) atoms. The Morgan fingerprint density at radius 3 is 2.40 bits per heavy atom. The lowest BCUT2D eigenvalue weighted by atomic mass is 10.0. The zero-order chi connectivity index (χ0) is 16.9. The van der Waals surface area contributed by atoms with Crippen molar-refractivity contribution in [1.29, 1.82) is 0 Å². The van der Waals surface area contributed by atoms with Crippen molar-refractivity contribution < 1.29 is 4.79 Å². The van der Waals surface area contributed by atoms with E-state index in [9.17, 15) is 4.79 Å². The molecule has 1 aliphatic rings. The number of thioether (sulfide) groups is 1. The molecular weight excluding hydrogens is 375 g/mol. The van der Waals surface area contributed by atoms with E-state index in [0.29, 0.717) is 12.3 Å². The first-order valence-electron chi connectivity index (χ1n) is 8.09. The Labute approximate surface area is 164 Å². The minimum atomic E-state index is 0. The van der Waals surface area contributed by atoms with E-state index in [1.807, 2.05) is 47.4 Å². The third-order valence-electron chi connectivity index (χ3n) is 4.23. The van der Waals surface area contributed by atoms with E-state index < -0.39 is 0 Å². The maximum Gasteiger partial charge on any atom is 0.232 e. The highest BCUT2D eigenvalue weighted by atomic mass is 35.5. The molecule has 0 aliphatic carbocycles. The number of rotatable bonds is 5. The Bertz CT molecular complexity index is 682. The van der Waals surface area contributed by atoms with Crippen molar-refractivity contribution >= 4 is 41.7 Å². The minimum absolute atomic E-state index is 0. The molecule has 3 nitrogen and oxygen atoms in total. The minimum Gasteiger partial charge on any atom is -0.340 e. The molecule has 2 aromatic carbocycles. The average Bonchev–Trinajstić information content (AvgIpc) is 3.04. The molecule has 6 heteroatoms. The monoisotopic (exact) mass is 396 g/mol. The van der Waals surface area contributed by atoms with Gasteiger partial charge in [-0.2, -0.15) is 0 Å². The first kappa shape index (κ1) is 20.1. The molecule has 1 saturated heterocycles. The number of carbonyl (C=O) groups excluding carboxylic acids is 1. The second kappa shape index (κ2) is 9.48. The summed E-state index contributed by atoms with van der Waals surface area (Å²) < 4.78 is 0. The SMILES string of the molecule is Cl.N[C@@H]1CCN(C(=O)CSC(c2ccccc2)c2ccc(Cl)cc2)C1. The summed E-state index contributed by atoms with van der Waals surface area (Å²) in [4.78, 5) is 14.3. The van der Waals surface area contributed by atoms with Gasteiger partial charge in [-0.15, -0.1) is 24.2 Å². The molecule has 1 amide bonds. The summed E-state index contributed by atoms with van der Waals surface area (Å²) in [6.45, 7) is 1.45. The molecule has 0 aromatic heterocycles. The molecule has 2 aromatic rings. The summed E-state index contributed by atoms with van der Waals surface area (Å²) in [5.41, 5.74) is 8.25. The summed E-state index contributed by atoms with van der Waals surface area (Å²) in [5, 5.41) is 0.835. The first-order valence-corrected chi connectivity index (χ1v) is 9.51. The summed E-state index contributed by atoms with van der Waals surface area (Å²) in [6.07, 6.45) is 0.899. The molecule has 2 N–H and O–H groups in total. The zero-order valence-electron chi connectivity index (χ0n) is 13.8. The van der Waals surface area contributed by atoms with Crippen molar-refractivity contribution in [1.82, 2.24) is 4.90 Å². The lowest BCUT2D eigenvalue weighted by Gasteiger charge is -2.20. The molecular formula is C19H22Cl2N2OS. The van der Waals surface area contributed by atoms with Gasteiger partial charge in [0.2, 0.25) is 5.91 Å². The van der Waals surface area contributed by atoms with E-state index >= 15 is 0 Å². The van der Waals surface area contributed by atoms with Gasteiger partial charge in [-0.05, 0) is 29.7 Å². The van der Waals surface area contributed by atoms with Crippen molar-refractivity contribution in [2.45, 2.75) is 17.7 Å². The fourth-order valence-electron chi connectivity index (χ4n) is 2.91. The Morgan fingerprint density at radius 2 is 1.80 bits per heavy atom. The molecule has 1 unspecified atom stereocenters. The fourth-order valence-corrected chi connectivity index (χ4v) is 4.23. The van der Waals surface area contributed by atoms with Crippen LogP contribution in [-0.4, -0.2) is 35.7 Å². The van der Waals surface area contributed by atoms with Gasteiger partial charge in [-0.1, -0.05) is 54.1 Å². The molecule has 0 saturated carbocycles. The van der Waals surface area contributed by atoms with Crippen molar-refractivity contribution in [3.05, 3.63) is 70.7 Å². The number of benzene rings is 2. The van der Waals surface area contributed by atoms with Gasteiger partial charge < -0.3 is 10.6 Å². The lowest BCUT2D eigenvalue weighted by Crippen LogP contribution is -2.33. The fraction of sp³-hybridized carbons (Fsp3) is 0.316. The van der Waals surface area contributed by atoms with Gasteiger partial charge in [0.05, 0.1) is 11.0 Å². The van der Waals surface area contributed by atoms with Crippen LogP contribution in [0.25, 0.3) is 0 Å². The number of hydrogen-bond donors (Lipinski definition) is 1. The van der Waals surface area contributed by atoms with E-state index in [1.54, 1.807) is 11.8 Å². The van der Waals surface area contributed by atoms with Crippen LogP contribution in [0.2, 0.25) is 5.02 Å². The highest BCUT2D eigenvalue weighted by Gasteiger charge is 2.25. The van der Waals surface area contributed by atoms with Crippen molar-refractivity contribution in [3.8, 4) is 0 Å². The van der Waals surface area contributed by atoms with Gasteiger partial charge in [0.25, 0.3) is 0 Å². The predicted octanol–water partition coefficient (Wildman–Crippen LogP) is 4.14. The van der Waals surface area contributed by atoms with Crippen LogP contribution in [0.5, 0.6) is 0 Å². The highest BCUT2D eigenvalue weighted by molar-refractivity contribution is 8.00. The van der Waals surface area contributed by atoms with Gasteiger partial charge in [0, 0.05) is 24.2 Å². The second-order valence-electron chi connectivity index (χ2n) is 6.04. The van der Waals surface area contributed by atoms with E-state index in [-0.39, 0.29) is 29.6 Å². The third kappa shape index (κ3) is 5.38. The highest BCUT2D eigenvalue weighted by Crippen LogP contribution is 2.36. The molecule has 3 rings (SSSR count). The van der Waals surface area contributed by atoms with Crippen LogP contribution in [0.4, 0.5) is 0 Å². The number of nitrogens with zero attached hydrogens (tertiary/aromatic N) is 1. The van der Waals surface area contributed by atoms with Gasteiger partial charge in [-0.3, -0.25) is 4.79 Å². The van der Waals surface area contributed by atoms with Crippen LogP contribution in [0, 0.1) is 0 Å². The van der Waals surface area contributed by atoms with E-state index in [2.05, 4.69) is 12.1 Å². The second-order valence-corrected chi connectivity index (χ2v) is 7.57. The molecule has 1 aliphatic heterocycles. The van der Waals surface area contributed by atoms with Crippen LogP contribution in [0.1, 0.15) is 22.8 Å². The molecule has 134 valence electrons. The number of halogens is 2. The van der Waals surface area contributed by atoms with E-state index in [0.717, 1.165) is 23.6 Å². The largest absolute Gasteiger partial charge is 0.340 e. The summed E-state index contributed by atoms with van der Waals surface area (Å²) in [5.74, 6) is 0.623. The number of nitrogens with two attached hydrogens (primary N) is 1. The zero-order valence-corrected chi connectivity index (χ0v) is 16.2. The van der Waals surface area contributed by atoms with Crippen LogP contribution in [-0.2, 0) is 4.79 Å². The maximum atomic E-state index is 12.4. The maximum absolute atomic E-state index is 12.4. The number of hydrogen-bond acceptors (Lipinski definition) is 3. The average molecular weight is 397 g/mol. The van der Waals surface area contributed by atoms with Crippen LogP contribution in [0.3, 0.4) is 0 Å². The third-order valence-corrected chi connectivity index (χ3v) is 5.77. The predicted molar refractivity (Wildman–Crippen MR) is 109 cm³/mol. The number of carbonyl (C=O) groups is 1. The first-order chi connectivity index (χ1) is 11.6. The lowest BCUT2D eigenvalue weighted by molar-refractivity contribution is -0.127. The van der Waals surface area contributed by atoms with Crippen LogP contribution >= 0.6 is 35.8 Å². The normalized spacial score (nSPS) is 17.8. The Balaban J connectivity index is 0.00000225. The molecule has 0 bridgehead atoms. The Hall–Kier alpha value is -1.20. The summed E-state index contributed by atoms with van der Waals surface area (Å²) >= 11 is 7.66. The molecule has 2 atom stereocenters. The van der Waals surface area contributed by atoms with Gasteiger partial charge in [-0.25, -0.2) is 0 Å². The smallest absolute Gasteiger partial charge is 0.232 e. The molecule has 0 spiro atoms. The van der Waals surface area contributed by atoms with E-state index in [1.165, 1.54) is 5.56 Å². The number of likely N-dealkylation sites (tertiary alicyclic amines) is 1. The van der Waals surface area contributed by atoms with Crippen LogP contribution < -0.4 is 5.73 Å². The van der Waals surface area contributed by atoms with Gasteiger partial charge >= 0.3 is 0 Å². The van der Waals surface area contributed by atoms with Gasteiger partial charge in [0.15, 0.2) is 0 Å². The van der Waals surface area contributed by atoms with Gasteiger partial charge in [0.1, 0.15) is 0 Å². The number of amides is 1. The molecule has 0 radical (unpaired) electrons. The van der Waals surface area contributed by atoms with Crippen molar-refractivity contribution in [2.75, 3.05) is 18.8 Å². The Morgan fingerprint density at radius 1 is 1.16 bits per heavy atom. The van der Waals surface area contributed by atoms with Crippen molar-refractivity contribution in [3.63, 3.8) is 0 Å².